The predicted octanol–water partition coefficient (Wildman–Crippen LogP) is 2.53. The van der Waals surface area contributed by atoms with Gasteiger partial charge in [-0.1, -0.05) is 6.07 Å². The lowest BCUT2D eigenvalue weighted by molar-refractivity contribution is 1.06. The molecule has 2 heterocycles. The van der Waals surface area contributed by atoms with Crippen molar-refractivity contribution in [3.05, 3.63) is 34.7 Å². The van der Waals surface area contributed by atoms with Gasteiger partial charge in [0.25, 0.3) is 0 Å². The molecule has 4 heteroatoms. The normalized spacial score (nSPS) is 10.8. The molecule has 0 radical (unpaired) electrons. The van der Waals surface area contributed by atoms with Crippen molar-refractivity contribution in [2.24, 2.45) is 0 Å². The number of thiol groups is 1. The highest BCUT2D eigenvalue weighted by molar-refractivity contribution is 9.10. The Morgan fingerprint density at radius 3 is 3.08 bits per heavy atom. The molecule has 2 nitrogen and oxygen atoms in total. The number of halogens is 1. The zero-order chi connectivity index (χ0) is 8.55. The van der Waals surface area contributed by atoms with Crippen LogP contribution in [0.4, 0.5) is 0 Å². The van der Waals surface area contributed by atoms with Gasteiger partial charge in [0.15, 0.2) is 0 Å². The molecule has 0 spiro atoms. The molecule has 0 amide bonds. The average Bonchev–Trinajstić information content (AvgIpc) is 2.49. The zero-order valence-corrected chi connectivity index (χ0v) is 8.72. The Hall–Kier alpha value is -0.480. The summed E-state index contributed by atoms with van der Waals surface area (Å²) < 4.78 is 3.05. The van der Waals surface area contributed by atoms with Crippen molar-refractivity contribution in [2.75, 3.05) is 0 Å². The fourth-order valence-electron chi connectivity index (χ4n) is 1.17. The molecule has 0 aliphatic rings. The van der Waals surface area contributed by atoms with Crippen molar-refractivity contribution in [2.45, 2.75) is 5.75 Å². The van der Waals surface area contributed by atoms with Crippen molar-refractivity contribution >= 4 is 34.2 Å². The minimum atomic E-state index is 0.698. The van der Waals surface area contributed by atoms with Crippen LogP contribution in [-0.2, 0) is 5.75 Å². The van der Waals surface area contributed by atoms with E-state index in [1.54, 1.807) is 0 Å². The quantitative estimate of drug-likeness (QED) is 0.601. The summed E-state index contributed by atoms with van der Waals surface area (Å²) >= 11 is 7.67. The summed E-state index contributed by atoms with van der Waals surface area (Å²) in [6, 6.07) is 5.92. The number of rotatable bonds is 1. The first kappa shape index (κ1) is 8.13. The zero-order valence-electron chi connectivity index (χ0n) is 6.24. The van der Waals surface area contributed by atoms with Crippen LogP contribution in [0.25, 0.3) is 5.65 Å². The summed E-state index contributed by atoms with van der Waals surface area (Å²) in [7, 11) is 0. The first-order chi connectivity index (χ1) is 5.83. The Morgan fingerprint density at radius 2 is 2.33 bits per heavy atom. The van der Waals surface area contributed by atoms with Crippen LogP contribution in [0.5, 0.6) is 0 Å². The SMILES string of the molecule is SCc1cnc2cccc(Br)n12. The van der Waals surface area contributed by atoms with E-state index in [4.69, 9.17) is 0 Å². The predicted molar refractivity (Wildman–Crippen MR) is 55.6 cm³/mol. The first-order valence-corrected chi connectivity index (χ1v) is 4.97. The second kappa shape index (κ2) is 3.11. The smallest absolute Gasteiger partial charge is 0.137 e. The van der Waals surface area contributed by atoms with E-state index < -0.39 is 0 Å². The average molecular weight is 243 g/mol. The molecule has 0 unspecified atom stereocenters. The second-order valence-electron chi connectivity index (χ2n) is 2.45. The lowest BCUT2D eigenvalue weighted by Gasteiger charge is -1.99. The number of imidazole rings is 1. The van der Waals surface area contributed by atoms with Crippen LogP contribution in [0.2, 0.25) is 0 Å². The van der Waals surface area contributed by atoms with Crippen LogP contribution >= 0.6 is 28.6 Å². The molecule has 0 aromatic carbocycles. The number of nitrogens with zero attached hydrogens (tertiary/aromatic N) is 2. The molecule has 0 aliphatic carbocycles. The number of fused-ring (bicyclic) bond motifs is 1. The van der Waals surface area contributed by atoms with Crippen LogP contribution < -0.4 is 0 Å². The largest absolute Gasteiger partial charge is 0.290 e. The summed E-state index contributed by atoms with van der Waals surface area (Å²) in [4.78, 5) is 4.23. The monoisotopic (exact) mass is 242 g/mol. The molecule has 0 bridgehead atoms. The molecule has 0 saturated carbocycles. The van der Waals surface area contributed by atoms with Crippen molar-refractivity contribution in [1.82, 2.24) is 9.38 Å². The lowest BCUT2D eigenvalue weighted by atomic mass is 10.4. The molecule has 0 N–H and O–H groups in total. The van der Waals surface area contributed by atoms with Crippen LogP contribution in [0.3, 0.4) is 0 Å². The van der Waals surface area contributed by atoms with Gasteiger partial charge in [0, 0.05) is 5.75 Å². The topological polar surface area (TPSA) is 17.3 Å². The van der Waals surface area contributed by atoms with Gasteiger partial charge in [-0.25, -0.2) is 4.98 Å². The third kappa shape index (κ3) is 1.15. The molecule has 0 fully saturated rings. The maximum Gasteiger partial charge on any atom is 0.137 e. The Balaban J connectivity index is 2.83. The van der Waals surface area contributed by atoms with Gasteiger partial charge in [-0.05, 0) is 28.1 Å². The van der Waals surface area contributed by atoms with Crippen LogP contribution in [-0.4, -0.2) is 9.38 Å². The third-order valence-electron chi connectivity index (χ3n) is 1.72. The number of hydrogen-bond donors (Lipinski definition) is 1. The number of pyridine rings is 1. The summed E-state index contributed by atoms with van der Waals surface area (Å²) in [6.45, 7) is 0. The van der Waals surface area contributed by atoms with E-state index >= 15 is 0 Å². The number of aromatic nitrogens is 2. The van der Waals surface area contributed by atoms with E-state index in [-0.39, 0.29) is 0 Å². The van der Waals surface area contributed by atoms with Crippen molar-refractivity contribution in [1.29, 1.82) is 0 Å². The standard InChI is InChI=1S/C8H7BrN2S/c9-7-2-1-3-8-10-4-6(5-12)11(7)8/h1-4,12H,5H2. The van der Waals surface area contributed by atoms with E-state index in [9.17, 15) is 0 Å². The molecular weight excluding hydrogens is 236 g/mol. The Morgan fingerprint density at radius 1 is 1.50 bits per heavy atom. The molecule has 62 valence electrons. The summed E-state index contributed by atoms with van der Waals surface area (Å²) in [5.74, 6) is 0.698. The minimum absolute atomic E-state index is 0.698. The van der Waals surface area contributed by atoms with Gasteiger partial charge in [-0.3, -0.25) is 4.40 Å². The Kier molecular flexibility index (Phi) is 2.11. The maximum atomic E-state index is 4.23. The van der Waals surface area contributed by atoms with E-state index in [1.165, 1.54) is 0 Å². The van der Waals surface area contributed by atoms with Crippen molar-refractivity contribution in [3.63, 3.8) is 0 Å². The molecule has 0 saturated heterocycles. The Labute approximate surface area is 84.2 Å². The van der Waals surface area contributed by atoms with Gasteiger partial charge < -0.3 is 0 Å². The summed E-state index contributed by atoms with van der Waals surface area (Å²) in [6.07, 6.45) is 1.84. The maximum absolute atomic E-state index is 4.23. The fourth-order valence-corrected chi connectivity index (χ4v) is 1.95. The third-order valence-corrected chi connectivity index (χ3v) is 2.66. The number of hydrogen-bond acceptors (Lipinski definition) is 2. The molecule has 0 aliphatic heterocycles. The van der Waals surface area contributed by atoms with Crippen LogP contribution in [0, 0.1) is 0 Å². The Bertz CT molecular complexity index is 410. The van der Waals surface area contributed by atoms with E-state index in [0.717, 1.165) is 15.9 Å². The van der Waals surface area contributed by atoms with E-state index in [0.29, 0.717) is 5.75 Å². The molecule has 2 aromatic heterocycles. The van der Waals surface area contributed by atoms with Gasteiger partial charge in [0.05, 0.1) is 16.5 Å². The first-order valence-electron chi connectivity index (χ1n) is 3.54. The lowest BCUT2D eigenvalue weighted by Crippen LogP contribution is -1.90. The van der Waals surface area contributed by atoms with E-state index in [2.05, 4.69) is 33.5 Å². The van der Waals surface area contributed by atoms with Crippen LogP contribution in [0.15, 0.2) is 29.0 Å². The second-order valence-corrected chi connectivity index (χ2v) is 3.58. The van der Waals surface area contributed by atoms with Crippen molar-refractivity contribution in [3.8, 4) is 0 Å². The molecule has 2 aromatic rings. The highest BCUT2D eigenvalue weighted by Gasteiger charge is 2.02. The van der Waals surface area contributed by atoms with Crippen LogP contribution in [0.1, 0.15) is 5.69 Å². The highest BCUT2D eigenvalue weighted by atomic mass is 79.9. The fraction of sp³-hybridized carbons (Fsp3) is 0.125. The summed E-state index contributed by atoms with van der Waals surface area (Å²) in [5.41, 5.74) is 2.05. The van der Waals surface area contributed by atoms with Gasteiger partial charge in [0.1, 0.15) is 5.65 Å². The van der Waals surface area contributed by atoms with Gasteiger partial charge >= 0.3 is 0 Å². The van der Waals surface area contributed by atoms with E-state index in [1.807, 2.05) is 28.8 Å². The molecule has 12 heavy (non-hydrogen) atoms. The van der Waals surface area contributed by atoms with Gasteiger partial charge in [-0.15, -0.1) is 0 Å². The van der Waals surface area contributed by atoms with Crippen molar-refractivity contribution < 1.29 is 0 Å². The van der Waals surface area contributed by atoms with Gasteiger partial charge in [-0.2, -0.15) is 12.6 Å². The van der Waals surface area contributed by atoms with Gasteiger partial charge in [0.2, 0.25) is 0 Å². The molecular formula is C8H7BrN2S. The summed E-state index contributed by atoms with van der Waals surface area (Å²) in [5, 5.41) is 0. The minimum Gasteiger partial charge on any atom is -0.290 e. The highest BCUT2D eigenvalue weighted by Crippen LogP contribution is 2.16. The molecule has 0 atom stereocenters. The molecule has 2 rings (SSSR count).